The summed E-state index contributed by atoms with van der Waals surface area (Å²) in [7, 11) is 0. The molecule has 0 bridgehead atoms. The summed E-state index contributed by atoms with van der Waals surface area (Å²) in [4.78, 5) is 12.6. The first-order valence-corrected chi connectivity index (χ1v) is 8.37. The smallest absolute Gasteiger partial charge is 0.257 e. The van der Waals surface area contributed by atoms with Crippen molar-refractivity contribution in [2.45, 2.75) is 26.0 Å². The average Bonchev–Trinajstić information content (AvgIpc) is 3.10. The van der Waals surface area contributed by atoms with E-state index in [1.807, 2.05) is 6.07 Å². The maximum absolute atomic E-state index is 13.1. The number of hydrogen-bond donors (Lipinski definition) is 2. The maximum atomic E-state index is 13.1. The molecule has 3 aromatic rings. The topological polar surface area (TPSA) is 117 Å². The minimum atomic E-state index is -1.83. The van der Waals surface area contributed by atoms with Crippen LogP contribution in [-0.2, 0) is 11.3 Å². The van der Waals surface area contributed by atoms with Crippen molar-refractivity contribution in [3.8, 4) is 17.5 Å². The van der Waals surface area contributed by atoms with E-state index in [2.05, 4.69) is 20.8 Å². The van der Waals surface area contributed by atoms with Gasteiger partial charge in [0.2, 0.25) is 0 Å². The fourth-order valence-electron chi connectivity index (χ4n) is 2.61. The Morgan fingerprint density at radius 3 is 2.68 bits per heavy atom. The predicted molar refractivity (Wildman–Crippen MR) is 98.4 cm³/mol. The van der Waals surface area contributed by atoms with E-state index in [-0.39, 0.29) is 6.54 Å². The van der Waals surface area contributed by atoms with Gasteiger partial charge >= 0.3 is 0 Å². The van der Waals surface area contributed by atoms with Crippen molar-refractivity contribution in [3.63, 3.8) is 0 Å². The number of tetrazole rings is 1. The first-order chi connectivity index (χ1) is 13.3. The van der Waals surface area contributed by atoms with Gasteiger partial charge < -0.3 is 10.4 Å². The molecule has 0 fully saturated rings. The molecule has 9 heteroatoms. The van der Waals surface area contributed by atoms with E-state index < -0.39 is 17.3 Å². The molecule has 0 radical (unpaired) electrons. The third kappa shape index (κ3) is 4.02. The molecule has 2 N–H and O–H groups in total. The van der Waals surface area contributed by atoms with E-state index in [4.69, 9.17) is 5.26 Å². The quantitative estimate of drug-likeness (QED) is 0.700. The molecule has 0 unspecified atom stereocenters. The van der Waals surface area contributed by atoms with Gasteiger partial charge in [-0.2, -0.15) is 5.26 Å². The number of amides is 1. The Labute approximate surface area is 160 Å². The highest BCUT2D eigenvalue weighted by atomic mass is 19.1. The maximum Gasteiger partial charge on any atom is 0.257 e. The molecule has 0 saturated carbocycles. The molecule has 0 aliphatic rings. The third-order valence-corrected chi connectivity index (χ3v) is 4.19. The summed E-state index contributed by atoms with van der Waals surface area (Å²) < 4.78 is 14.4. The zero-order chi connectivity index (χ0) is 20.3. The number of nitrogens with zero attached hydrogens (tertiary/aromatic N) is 5. The molecule has 8 nitrogen and oxygen atoms in total. The van der Waals surface area contributed by atoms with Gasteiger partial charge in [0.15, 0.2) is 11.4 Å². The Kier molecular flexibility index (Phi) is 5.15. The van der Waals surface area contributed by atoms with Crippen LogP contribution in [-0.4, -0.2) is 36.8 Å². The highest BCUT2D eigenvalue weighted by molar-refractivity contribution is 5.96. The van der Waals surface area contributed by atoms with Gasteiger partial charge in [0, 0.05) is 11.3 Å². The third-order valence-electron chi connectivity index (χ3n) is 4.19. The Bertz CT molecular complexity index is 1050. The lowest BCUT2D eigenvalue weighted by atomic mass is 10.0. The molecule has 142 valence electrons. The molecular formula is C19H17FN6O2. The summed E-state index contributed by atoms with van der Waals surface area (Å²) in [5, 5.41) is 33.5. The number of carbonyl (C=O) groups is 1. The molecule has 3 rings (SSSR count). The van der Waals surface area contributed by atoms with Crippen LogP contribution >= 0.6 is 0 Å². The lowest BCUT2D eigenvalue weighted by Crippen LogP contribution is -2.44. The minimum absolute atomic E-state index is 0.214. The Hall–Kier alpha value is -3.64. The van der Waals surface area contributed by atoms with Crippen LogP contribution in [0.3, 0.4) is 0 Å². The first kappa shape index (κ1) is 19.1. The van der Waals surface area contributed by atoms with Crippen molar-refractivity contribution < 1.29 is 14.3 Å². The standard InChI is InChI=1S/C19H17FN6O2/c1-12-9-16(8-5-14(12)10-21)22-18(27)19(2,28)11-26-17(23-24-25-26)13-3-6-15(20)7-4-13/h3-9,28H,11H2,1-2H3,(H,22,27)/t19-/m0/s1. The van der Waals surface area contributed by atoms with Crippen LogP contribution in [0, 0.1) is 24.1 Å². The molecule has 1 atom stereocenters. The summed E-state index contributed by atoms with van der Waals surface area (Å²) in [5.74, 6) is -0.758. The molecule has 1 aromatic heterocycles. The van der Waals surface area contributed by atoms with E-state index in [1.54, 1.807) is 25.1 Å². The molecule has 1 heterocycles. The number of anilines is 1. The average molecular weight is 380 g/mol. The fraction of sp³-hybridized carbons (Fsp3) is 0.211. The van der Waals surface area contributed by atoms with Gasteiger partial charge in [0.25, 0.3) is 5.91 Å². The van der Waals surface area contributed by atoms with Crippen molar-refractivity contribution in [1.29, 1.82) is 5.26 Å². The number of nitriles is 1. The van der Waals surface area contributed by atoms with Gasteiger partial charge in [-0.15, -0.1) is 5.10 Å². The van der Waals surface area contributed by atoms with Crippen LogP contribution in [0.25, 0.3) is 11.4 Å². The molecule has 0 aliphatic heterocycles. The molecule has 0 aliphatic carbocycles. The van der Waals surface area contributed by atoms with Gasteiger partial charge in [0.05, 0.1) is 18.2 Å². The number of aliphatic hydroxyl groups is 1. The lowest BCUT2D eigenvalue weighted by molar-refractivity contribution is -0.133. The molecule has 2 aromatic carbocycles. The van der Waals surface area contributed by atoms with E-state index >= 15 is 0 Å². The molecule has 0 saturated heterocycles. The second kappa shape index (κ2) is 7.54. The highest BCUT2D eigenvalue weighted by Gasteiger charge is 2.32. The van der Waals surface area contributed by atoms with Gasteiger partial charge in [-0.05, 0) is 72.3 Å². The van der Waals surface area contributed by atoms with Gasteiger partial charge in [-0.25, -0.2) is 9.07 Å². The minimum Gasteiger partial charge on any atom is -0.378 e. The van der Waals surface area contributed by atoms with Gasteiger partial charge in [-0.3, -0.25) is 4.79 Å². The second-order valence-corrected chi connectivity index (χ2v) is 6.54. The number of nitrogens with one attached hydrogen (secondary N) is 1. The number of benzene rings is 2. The number of rotatable bonds is 5. The zero-order valence-corrected chi connectivity index (χ0v) is 15.2. The van der Waals surface area contributed by atoms with Gasteiger partial charge in [0.1, 0.15) is 5.82 Å². The van der Waals surface area contributed by atoms with Gasteiger partial charge in [-0.1, -0.05) is 0 Å². The molecule has 1 amide bonds. The molecular weight excluding hydrogens is 363 g/mol. The SMILES string of the molecule is Cc1cc(NC(=O)[C@@](C)(O)Cn2nnnc2-c2ccc(F)cc2)ccc1C#N. The Morgan fingerprint density at radius 2 is 2.04 bits per heavy atom. The number of carbonyl (C=O) groups excluding carboxylic acids is 1. The van der Waals surface area contributed by atoms with E-state index in [9.17, 15) is 14.3 Å². The zero-order valence-electron chi connectivity index (χ0n) is 15.2. The Balaban J connectivity index is 1.78. The van der Waals surface area contributed by atoms with E-state index in [0.29, 0.717) is 28.2 Å². The summed E-state index contributed by atoms with van der Waals surface area (Å²) in [6.45, 7) is 2.88. The number of halogens is 1. The van der Waals surface area contributed by atoms with Crippen LogP contribution in [0.15, 0.2) is 42.5 Å². The highest BCUT2D eigenvalue weighted by Crippen LogP contribution is 2.20. The largest absolute Gasteiger partial charge is 0.378 e. The summed E-state index contributed by atoms with van der Waals surface area (Å²) in [6, 6.07) is 12.4. The van der Waals surface area contributed by atoms with Crippen molar-refractivity contribution in [2.24, 2.45) is 0 Å². The lowest BCUT2D eigenvalue weighted by Gasteiger charge is -2.22. The Morgan fingerprint density at radius 1 is 1.32 bits per heavy atom. The monoisotopic (exact) mass is 380 g/mol. The van der Waals surface area contributed by atoms with E-state index in [0.717, 1.165) is 0 Å². The fourth-order valence-corrected chi connectivity index (χ4v) is 2.61. The van der Waals surface area contributed by atoms with Crippen LogP contribution in [0.2, 0.25) is 0 Å². The summed E-state index contributed by atoms with van der Waals surface area (Å²) in [6.07, 6.45) is 0. The summed E-state index contributed by atoms with van der Waals surface area (Å²) in [5.41, 5.74) is 0.385. The molecule has 0 spiro atoms. The number of aromatic nitrogens is 4. The van der Waals surface area contributed by atoms with Crippen molar-refractivity contribution in [2.75, 3.05) is 5.32 Å². The predicted octanol–water partition coefficient (Wildman–Crippen LogP) is 2.05. The van der Waals surface area contributed by atoms with Crippen LogP contribution in [0.5, 0.6) is 0 Å². The van der Waals surface area contributed by atoms with Crippen molar-refractivity contribution in [1.82, 2.24) is 20.2 Å². The normalized spacial score (nSPS) is 12.8. The summed E-state index contributed by atoms with van der Waals surface area (Å²) >= 11 is 0. The van der Waals surface area contributed by atoms with Crippen LogP contribution < -0.4 is 5.32 Å². The molecule has 28 heavy (non-hydrogen) atoms. The van der Waals surface area contributed by atoms with E-state index in [1.165, 1.54) is 35.9 Å². The second-order valence-electron chi connectivity index (χ2n) is 6.54. The van der Waals surface area contributed by atoms with Crippen molar-refractivity contribution >= 4 is 11.6 Å². The van der Waals surface area contributed by atoms with Crippen molar-refractivity contribution in [3.05, 3.63) is 59.4 Å². The van der Waals surface area contributed by atoms with Crippen LogP contribution in [0.1, 0.15) is 18.1 Å². The number of hydrogen-bond acceptors (Lipinski definition) is 6. The van der Waals surface area contributed by atoms with Crippen LogP contribution in [0.4, 0.5) is 10.1 Å². The first-order valence-electron chi connectivity index (χ1n) is 8.37. The number of aryl methyl sites for hydroxylation is 1.